The Bertz CT molecular complexity index is 395. The van der Waals surface area contributed by atoms with Crippen LogP contribution in [0, 0.1) is 0 Å². The van der Waals surface area contributed by atoms with Crippen LogP contribution < -0.4 is 10.6 Å². The number of aliphatic hydroxyl groups excluding tert-OH is 1. The van der Waals surface area contributed by atoms with Crippen LogP contribution in [0.25, 0.3) is 0 Å². The Morgan fingerprint density at radius 3 is 3.12 bits per heavy atom. The van der Waals surface area contributed by atoms with E-state index in [1.54, 1.807) is 18.3 Å². The minimum Gasteiger partial charge on any atom is -0.391 e. The first-order chi connectivity index (χ1) is 7.68. The molecule has 1 amide bonds. The lowest BCUT2D eigenvalue weighted by Crippen LogP contribution is -2.39. The third-order valence-corrected chi connectivity index (χ3v) is 2.75. The van der Waals surface area contributed by atoms with Crippen molar-refractivity contribution in [2.24, 2.45) is 5.73 Å². The van der Waals surface area contributed by atoms with E-state index in [0.29, 0.717) is 17.9 Å². The molecule has 5 heteroatoms. The lowest BCUT2D eigenvalue weighted by Gasteiger charge is -2.31. The summed E-state index contributed by atoms with van der Waals surface area (Å²) >= 11 is 0. The van der Waals surface area contributed by atoms with Crippen LogP contribution in [0.15, 0.2) is 18.3 Å². The van der Waals surface area contributed by atoms with Crippen LogP contribution in [0.4, 0.5) is 5.82 Å². The van der Waals surface area contributed by atoms with Crippen molar-refractivity contribution in [2.45, 2.75) is 18.9 Å². The molecule has 1 saturated heterocycles. The number of pyridine rings is 1. The molecule has 86 valence electrons. The van der Waals surface area contributed by atoms with Gasteiger partial charge in [0.1, 0.15) is 5.82 Å². The van der Waals surface area contributed by atoms with Gasteiger partial charge in [-0.05, 0) is 25.0 Å². The zero-order valence-corrected chi connectivity index (χ0v) is 8.97. The summed E-state index contributed by atoms with van der Waals surface area (Å²) in [5.74, 6) is 0.0944. The van der Waals surface area contributed by atoms with Crippen molar-refractivity contribution in [3.8, 4) is 0 Å². The van der Waals surface area contributed by atoms with Crippen molar-refractivity contribution in [1.82, 2.24) is 4.98 Å². The van der Waals surface area contributed by atoms with Crippen molar-refractivity contribution in [3.63, 3.8) is 0 Å². The van der Waals surface area contributed by atoms with Crippen LogP contribution >= 0.6 is 0 Å². The normalized spacial score (nSPS) is 20.8. The second-order valence-corrected chi connectivity index (χ2v) is 3.98. The van der Waals surface area contributed by atoms with Gasteiger partial charge >= 0.3 is 0 Å². The smallest absolute Gasteiger partial charge is 0.252 e. The van der Waals surface area contributed by atoms with Gasteiger partial charge < -0.3 is 15.7 Å². The minimum atomic E-state index is -0.483. The number of amides is 1. The van der Waals surface area contributed by atoms with E-state index in [-0.39, 0.29) is 6.10 Å². The van der Waals surface area contributed by atoms with Crippen LogP contribution in [0.5, 0.6) is 0 Å². The predicted octanol–water partition coefficient (Wildman–Crippen LogP) is 0.142. The summed E-state index contributed by atoms with van der Waals surface area (Å²) in [4.78, 5) is 17.3. The summed E-state index contributed by atoms with van der Waals surface area (Å²) in [5.41, 5.74) is 5.70. The number of aliphatic hydroxyl groups is 1. The van der Waals surface area contributed by atoms with Crippen LogP contribution in [-0.4, -0.2) is 35.2 Å². The van der Waals surface area contributed by atoms with E-state index in [0.717, 1.165) is 19.4 Å². The zero-order chi connectivity index (χ0) is 11.5. The van der Waals surface area contributed by atoms with E-state index in [1.165, 1.54) is 0 Å². The van der Waals surface area contributed by atoms with Crippen LogP contribution in [0.1, 0.15) is 23.2 Å². The van der Waals surface area contributed by atoms with Crippen molar-refractivity contribution >= 4 is 11.7 Å². The highest BCUT2D eigenvalue weighted by molar-refractivity contribution is 5.97. The van der Waals surface area contributed by atoms with E-state index < -0.39 is 5.91 Å². The maximum absolute atomic E-state index is 11.2. The van der Waals surface area contributed by atoms with Gasteiger partial charge in [0.05, 0.1) is 11.7 Å². The first-order valence-corrected chi connectivity index (χ1v) is 5.36. The maximum Gasteiger partial charge on any atom is 0.252 e. The van der Waals surface area contributed by atoms with Gasteiger partial charge in [-0.2, -0.15) is 0 Å². The van der Waals surface area contributed by atoms with Gasteiger partial charge in [-0.3, -0.25) is 4.79 Å². The first-order valence-electron chi connectivity index (χ1n) is 5.36. The van der Waals surface area contributed by atoms with Crippen molar-refractivity contribution < 1.29 is 9.90 Å². The molecule has 3 N–H and O–H groups in total. The Kier molecular flexibility index (Phi) is 3.05. The number of primary amides is 1. The number of carbonyl (C=O) groups excluding carboxylic acids is 1. The molecular weight excluding hydrogens is 206 g/mol. The summed E-state index contributed by atoms with van der Waals surface area (Å²) in [6.45, 7) is 1.31. The molecule has 16 heavy (non-hydrogen) atoms. The second-order valence-electron chi connectivity index (χ2n) is 3.98. The molecule has 1 aromatic heterocycles. The quantitative estimate of drug-likeness (QED) is 0.744. The van der Waals surface area contributed by atoms with E-state index in [4.69, 9.17) is 5.73 Å². The average Bonchev–Trinajstić information content (AvgIpc) is 2.29. The molecule has 0 bridgehead atoms. The molecule has 5 nitrogen and oxygen atoms in total. The van der Waals surface area contributed by atoms with E-state index in [2.05, 4.69) is 4.98 Å². The maximum atomic E-state index is 11.2. The number of piperidine rings is 1. The van der Waals surface area contributed by atoms with Gasteiger partial charge in [0, 0.05) is 19.3 Å². The van der Waals surface area contributed by atoms with Crippen LogP contribution in [0.3, 0.4) is 0 Å². The number of anilines is 1. The van der Waals surface area contributed by atoms with Crippen molar-refractivity contribution in [3.05, 3.63) is 23.9 Å². The number of nitrogens with two attached hydrogens (primary N) is 1. The molecule has 0 spiro atoms. The molecular formula is C11H15N3O2. The molecule has 0 aromatic carbocycles. The standard InChI is InChI=1S/C11H15N3O2/c12-10(16)9-4-1-5-13-11(9)14-6-2-3-8(15)7-14/h1,4-5,8,15H,2-3,6-7H2,(H2,12,16)/t8-/m0/s1. The molecule has 0 aliphatic carbocycles. The van der Waals surface area contributed by atoms with E-state index >= 15 is 0 Å². The summed E-state index contributed by atoms with van der Waals surface area (Å²) < 4.78 is 0. The second kappa shape index (κ2) is 4.49. The summed E-state index contributed by atoms with van der Waals surface area (Å²) in [6.07, 6.45) is 2.98. The molecule has 2 heterocycles. The number of rotatable bonds is 2. The van der Waals surface area contributed by atoms with Gasteiger partial charge in [0.15, 0.2) is 0 Å². The number of aromatic nitrogens is 1. The monoisotopic (exact) mass is 221 g/mol. The minimum absolute atomic E-state index is 0.350. The highest BCUT2D eigenvalue weighted by atomic mass is 16.3. The fraction of sp³-hybridized carbons (Fsp3) is 0.455. The molecule has 0 saturated carbocycles. The average molecular weight is 221 g/mol. The van der Waals surface area contributed by atoms with Gasteiger partial charge in [0.2, 0.25) is 0 Å². The topological polar surface area (TPSA) is 79.5 Å². The largest absolute Gasteiger partial charge is 0.391 e. The number of carbonyl (C=O) groups is 1. The summed E-state index contributed by atoms with van der Waals surface area (Å²) in [6, 6.07) is 3.34. The highest BCUT2D eigenvalue weighted by Gasteiger charge is 2.22. The Hall–Kier alpha value is -1.62. The van der Waals surface area contributed by atoms with E-state index in [9.17, 15) is 9.90 Å². The molecule has 1 fully saturated rings. The van der Waals surface area contributed by atoms with Gasteiger partial charge in [-0.25, -0.2) is 4.98 Å². The zero-order valence-electron chi connectivity index (χ0n) is 8.97. The Morgan fingerprint density at radius 2 is 2.44 bits per heavy atom. The van der Waals surface area contributed by atoms with Gasteiger partial charge in [0.25, 0.3) is 5.91 Å². The number of nitrogens with zero attached hydrogens (tertiary/aromatic N) is 2. The molecule has 2 rings (SSSR count). The lowest BCUT2D eigenvalue weighted by molar-refractivity contribution is 0.0999. The molecule has 0 unspecified atom stereocenters. The molecule has 1 atom stereocenters. The molecule has 0 radical (unpaired) electrons. The number of hydrogen-bond donors (Lipinski definition) is 2. The van der Waals surface area contributed by atoms with Crippen molar-refractivity contribution in [2.75, 3.05) is 18.0 Å². The van der Waals surface area contributed by atoms with Gasteiger partial charge in [-0.15, -0.1) is 0 Å². The van der Waals surface area contributed by atoms with E-state index in [1.807, 2.05) is 4.90 Å². The third kappa shape index (κ3) is 2.14. The van der Waals surface area contributed by atoms with Crippen LogP contribution in [0.2, 0.25) is 0 Å². The summed E-state index contributed by atoms with van der Waals surface area (Å²) in [5, 5.41) is 9.58. The van der Waals surface area contributed by atoms with Crippen LogP contribution in [-0.2, 0) is 0 Å². The molecule has 1 aromatic rings. The Balaban J connectivity index is 2.28. The third-order valence-electron chi connectivity index (χ3n) is 2.75. The molecule has 1 aliphatic heterocycles. The number of hydrogen-bond acceptors (Lipinski definition) is 4. The Labute approximate surface area is 93.9 Å². The molecule has 1 aliphatic rings. The first kappa shape index (κ1) is 10.9. The number of β-amino-alcohol motifs (C(OH)–C–C–N with tert-alkyl or cyclic N) is 1. The lowest BCUT2D eigenvalue weighted by atomic mass is 10.1. The fourth-order valence-corrected chi connectivity index (χ4v) is 1.99. The van der Waals surface area contributed by atoms with Crippen molar-refractivity contribution in [1.29, 1.82) is 0 Å². The fourth-order valence-electron chi connectivity index (χ4n) is 1.99. The summed E-state index contributed by atoms with van der Waals surface area (Å²) in [7, 11) is 0. The highest BCUT2D eigenvalue weighted by Crippen LogP contribution is 2.21. The Morgan fingerprint density at radius 1 is 1.62 bits per heavy atom. The SMILES string of the molecule is NC(=O)c1cccnc1N1CCC[C@H](O)C1. The predicted molar refractivity (Wildman–Crippen MR) is 60.2 cm³/mol. The van der Waals surface area contributed by atoms with Gasteiger partial charge in [-0.1, -0.05) is 0 Å².